The summed E-state index contributed by atoms with van der Waals surface area (Å²) in [5.74, 6) is -1.19. The average molecular weight is 312 g/mol. The van der Waals surface area contributed by atoms with Gasteiger partial charge in [0.15, 0.2) is 6.61 Å². The minimum absolute atomic E-state index is 0.0173. The van der Waals surface area contributed by atoms with Crippen LogP contribution >= 0.6 is 0 Å². The fraction of sp³-hybridized carbons (Fsp3) is 0.235. The number of nitriles is 1. The number of Topliss-reactive ketones (excluding diaryl/α,β-unsaturated/α-hetero) is 1. The first kappa shape index (κ1) is 16.3. The summed E-state index contributed by atoms with van der Waals surface area (Å²) < 4.78 is 10.3. The lowest BCUT2D eigenvalue weighted by Crippen LogP contribution is -2.18. The van der Waals surface area contributed by atoms with Crippen LogP contribution in [0, 0.1) is 18.3 Å². The minimum atomic E-state index is -0.617. The number of esters is 1. The largest absolute Gasteiger partial charge is 0.464 e. The summed E-state index contributed by atoms with van der Waals surface area (Å²) >= 11 is 0. The van der Waals surface area contributed by atoms with E-state index in [1.54, 1.807) is 6.07 Å². The first-order valence-corrected chi connectivity index (χ1v) is 6.94. The number of hydrogen-bond acceptors (Lipinski definition) is 6. The molecule has 0 fully saturated rings. The molecule has 1 aromatic heterocycles. The van der Waals surface area contributed by atoms with Crippen LogP contribution in [0.1, 0.15) is 18.1 Å². The zero-order chi connectivity index (χ0) is 17.0. The molecule has 0 amide bonds. The second-order valence-electron chi connectivity index (χ2n) is 5.19. The lowest BCUT2D eigenvalue weighted by molar-refractivity contribution is -0.146. The van der Waals surface area contributed by atoms with Crippen LogP contribution in [0.4, 0.5) is 0 Å². The van der Waals surface area contributed by atoms with E-state index in [2.05, 4.69) is 0 Å². The van der Waals surface area contributed by atoms with Crippen LogP contribution in [0.15, 0.2) is 40.1 Å². The topological polar surface area (TPSA) is 106 Å². The summed E-state index contributed by atoms with van der Waals surface area (Å²) in [6.07, 6.45) is 1.48. The summed E-state index contributed by atoms with van der Waals surface area (Å²) in [4.78, 5) is 23.6. The highest BCUT2D eigenvalue weighted by atomic mass is 16.5. The molecule has 0 unspecified atom stereocenters. The molecular weight excluding hydrogens is 296 g/mol. The third-order valence-electron chi connectivity index (χ3n) is 3.30. The third kappa shape index (κ3) is 3.77. The van der Waals surface area contributed by atoms with Gasteiger partial charge >= 0.3 is 5.97 Å². The highest BCUT2D eigenvalue weighted by Gasteiger charge is 2.16. The summed E-state index contributed by atoms with van der Waals surface area (Å²) in [6, 6.07) is 7.37. The molecule has 0 spiro atoms. The zero-order valence-corrected chi connectivity index (χ0v) is 12.9. The van der Waals surface area contributed by atoms with Crippen molar-refractivity contribution in [1.29, 1.82) is 5.26 Å². The molecule has 2 aromatic rings. The van der Waals surface area contributed by atoms with Crippen molar-refractivity contribution in [3.63, 3.8) is 0 Å². The van der Waals surface area contributed by atoms with Gasteiger partial charge in [-0.05, 0) is 25.5 Å². The molecule has 0 bridgehead atoms. The molecule has 6 nitrogen and oxygen atoms in total. The van der Waals surface area contributed by atoms with Crippen LogP contribution in [-0.4, -0.2) is 18.4 Å². The van der Waals surface area contributed by atoms with E-state index < -0.39 is 18.4 Å². The number of fused-ring (bicyclic) bond motifs is 1. The Morgan fingerprint density at radius 3 is 2.78 bits per heavy atom. The fourth-order valence-corrected chi connectivity index (χ4v) is 2.12. The number of benzene rings is 1. The predicted octanol–water partition coefficient (Wildman–Crippen LogP) is 2.15. The first-order valence-electron chi connectivity index (χ1n) is 6.94. The molecule has 0 atom stereocenters. The molecule has 0 aliphatic heterocycles. The second-order valence-corrected chi connectivity index (χ2v) is 5.19. The number of carbonyl (C=O) groups excluding carboxylic acids is 2. The lowest BCUT2D eigenvalue weighted by Gasteiger charge is -2.04. The Hall–Kier alpha value is -3.07. The quantitative estimate of drug-likeness (QED) is 0.515. The van der Waals surface area contributed by atoms with Crippen molar-refractivity contribution in [3.05, 3.63) is 46.9 Å². The second kappa shape index (κ2) is 6.79. The minimum Gasteiger partial charge on any atom is -0.464 e. The number of hydrogen-bond donors (Lipinski definition) is 1. The molecule has 6 heteroatoms. The van der Waals surface area contributed by atoms with Crippen LogP contribution < -0.4 is 5.73 Å². The van der Waals surface area contributed by atoms with Gasteiger partial charge in [-0.2, -0.15) is 5.26 Å². The molecule has 0 saturated heterocycles. The number of ketones is 1. The standard InChI is InChI=1S/C17H16N2O4/c1-10-3-4-13-12(8-22-16(13)5-10)6-17(21)23-9-15(20)14(7-18)11(2)19/h3-5,8H,6,9,19H2,1-2H3. The number of aryl methyl sites for hydroxylation is 1. The summed E-state index contributed by atoms with van der Waals surface area (Å²) in [5, 5.41) is 9.65. The maximum Gasteiger partial charge on any atom is 0.310 e. The Labute approximate surface area is 133 Å². The van der Waals surface area contributed by atoms with Crippen LogP contribution in [0.5, 0.6) is 0 Å². The fourth-order valence-electron chi connectivity index (χ4n) is 2.12. The van der Waals surface area contributed by atoms with Crippen molar-refractivity contribution in [3.8, 4) is 6.07 Å². The molecule has 118 valence electrons. The molecule has 0 saturated carbocycles. The van der Waals surface area contributed by atoms with Crippen LogP contribution in [-0.2, 0) is 20.7 Å². The lowest BCUT2D eigenvalue weighted by atomic mass is 10.1. The Kier molecular flexibility index (Phi) is 4.82. The number of carbonyl (C=O) groups is 2. The van der Waals surface area contributed by atoms with Gasteiger partial charge in [0.2, 0.25) is 5.78 Å². The van der Waals surface area contributed by atoms with E-state index in [-0.39, 0.29) is 17.7 Å². The van der Waals surface area contributed by atoms with Crippen LogP contribution in [0.2, 0.25) is 0 Å². The number of furan rings is 1. The van der Waals surface area contributed by atoms with Gasteiger partial charge in [-0.1, -0.05) is 12.1 Å². The number of ether oxygens (including phenoxy) is 1. The molecule has 0 aliphatic rings. The Morgan fingerprint density at radius 1 is 1.39 bits per heavy atom. The molecule has 0 aliphatic carbocycles. The van der Waals surface area contributed by atoms with Crippen molar-refractivity contribution in [1.82, 2.24) is 0 Å². The van der Waals surface area contributed by atoms with E-state index in [9.17, 15) is 9.59 Å². The van der Waals surface area contributed by atoms with Crippen molar-refractivity contribution < 1.29 is 18.7 Å². The maximum absolute atomic E-state index is 11.9. The van der Waals surface area contributed by atoms with E-state index >= 15 is 0 Å². The van der Waals surface area contributed by atoms with Gasteiger partial charge in [0.25, 0.3) is 0 Å². The number of nitrogens with two attached hydrogens (primary N) is 1. The van der Waals surface area contributed by atoms with Crippen LogP contribution in [0.25, 0.3) is 11.0 Å². The summed E-state index contributed by atoms with van der Waals surface area (Å²) in [6.45, 7) is 2.88. The van der Waals surface area contributed by atoms with Crippen molar-refractivity contribution >= 4 is 22.7 Å². The number of rotatable bonds is 5. The monoisotopic (exact) mass is 312 g/mol. The van der Waals surface area contributed by atoms with Crippen molar-refractivity contribution in [2.75, 3.05) is 6.61 Å². The van der Waals surface area contributed by atoms with Gasteiger partial charge in [-0.15, -0.1) is 0 Å². The normalized spacial score (nSPS) is 11.7. The molecular formula is C17H16N2O4. The first-order chi connectivity index (χ1) is 10.9. The Balaban J connectivity index is 2.01. The SMILES string of the molecule is CC(N)=C(C#N)C(=O)COC(=O)Cc1coc2cc(C)ccc12. The van der Waals surface area contributed by atoms with Gasteiger partial charge in [-0.25, -0.2) is 0 Å². The van der Waals surface area contributed by atoms with Gasteiger partial charge in [0, 0.05) is 16.6 Å². The zero-order valence-electron chi connectivity index (χ0n) is 12.9. The van der Waals surface area contributed by atoms with E-state index in [0.29, 0.717) is 11.1 Å². The van der Waals surface area contributed by atoms with Gasteiger partial charge in [0.05, 0.1) is 12.7 Å². The molecule has 2 N–H and O–H groups in total. The van der Waals surface area contributed by atoms with Gasteiger partial charge < -0.3 is 14.9 Å². The summed E-state index contributed by atoms with van der Waals surface area (Å²) in [7, 11) is 0. The van der Waals surface area contributed by atoms with Crippen molar-refractivity contribution in [2.24, 2.45) is 5.73 Å². The number of nitrogens with zero attached hydrogens (tertiary/aromatic N) is 1. The number of allylic oxidation sites excluding steroid dienone is 1. The molecule has 23 heavy (non-hydrogen) atoms. The van der Waals surface area contributed by atoms with Crippen molar-refractivity contribution in [2.45, 2.75) is 20.3 Å². The highest BCUT2D eigenvalue weighted by Crippen LogP contribution is 2.22. The van der Waals surface area contributed by atoms with Gasteiger partial charge in [-0.3, -0.25) is 9.59 Å². The Bertz CT molecular complexity index is 836. The smallest absolute Gasteiger partial charge is 0.310 e. The van der Waals surface area contributed by atoms with Crippen LogP contribution in [0.3, 0.4) is 0 Å². The van der Waals surface area contributed by atoms with E-state index in [4.69, 9.17) is 20.1 Å². The predicted molar refractivity (Wildman–Crippen MR) is 83.1 cm³/mol. The molecule has 1 aromatic carbocycles. The van der Waals surface area contributed by atoms with E-state index in [1.807, 2.05) is 25.1 Å². The summed E-state index contributed by atoms with van der Waals surface area (Å²) in [5.41, 5.74) is 7.76. The highest BCUT2D eigenvalue weighted by molar-refractivity contribution is 6.01. The molecule has 1 heterocycles. The molecule has 2 rings (SSSR count). The van der Waals surface area contributed by atoms with E-state index in [1.165, 1.54) is 13.2 Å². The van der Waals surface area contributed by atoms with E-state index in [0.717, 1.165) is 10.9 Å². The average Bonchev–Trinajstić information content (AvgIpc) is 2.87. The maximum atomic E-state index is 11.9. The third-order valence-corrected chi connectivity index (χ3v) is 3.30. The van der Waals surface area contributed by atoms with Gasteiger partial charge in [0.1, 0.15) is 17.2 Å². The molecule has 0 radical (unpaired) electrons. The Morgan fingerprint density at radius 2 is 2.13 bits per heavy atom.